The lowest BCUT2D eigenvalue weighted by Gasteiger charge is -2.14. The summed E-state index contributed by atoms with van der Waals surface area (Å²) in [6, 6.07) is 12.8. The summed E-state index contributed by atoms with van der Waals surface area (Å²) in [7, 11) is -3.73. The van der Waals surface area contributed by atoms with E-state index in [2.05, 4.69) is 32.6 Å². The molecule has 2 N–H and O–H groups in total. The molecular formula is C16H17IN2O3S. The van der Waals surface area contributed by atoms with Crippen LogP contribution in [0.15, 0.2) is 53.4 Å². The Morgan fingerprint density at radius 2 is 1.61 bits per heavy atom. The lowest BCUT2D eigenvalue weighted by molar-refractivity contribution is -0.117. The van der Waals surface area contributed by atoms with Gasteiger partial charge in [-0.25, -0.2) is 8.42 Å². The summed E-state index contributed by atoms with van der Waals surface area (Å²) in [4.78, 5) is 12.3. The topological polar surface area (TPSA) is 75.3 Å². The average molecular weight is 444 g/mol. The molecule has 0 aliphatic carbocycles. The number of amides is 1. The van der Waals surface area contributed by atoms with Crippen LogP contribution in [0.1, 0.15) is 12.5 Å². The summed E-state index contributed by atoms with van der Waals surface area (Å²) >= 11 is 2.17. The van der Waals surface area contributed by atoms with Crippen molar-refractivity contribution < 1.29 is 13.2 Å². The van der Waals surface area contributed by atoms with E-state index in [1.165, 1.54) is 19.1 Å². The summed E-state index contributed by atoms with van der Waals surface area (Å²) in [6.07, 6.45) is 0. The SMILES string of the molecule is Cc1ccc(S(=O)(=O)N[C@@H](C)C(=O)Nc2ccc(I)cc2)cc1. The van der Waals surface area contributed by atoms with Gasteiger partial charge in [-0.1, -0.05) is 17.7 Å². The van der Waals surface area contributed by atoms with Crippen molar-refractivity contribution in [2.75, 3.05) is 5.32 Å². The molecule has 0 heterocycles. The summed E-state index contributed by atoms with van der Waals surface area (Å²) < 4.78 is 28.0. The number of hydrogen-bond acceptors (Lipinski definition) is 3. The van der Waals surface area contributed by atoms with E-state index in [0.29, 0.717) is 5.69 Å². The Morgan fingerprint density at radius 1 is 1.04 bits per heavy atom. The minimum absolute atomic E-state index is 0.136. The normalized spacial score (nSPS) is 12.7. The highest BCUT2D eigenvalue weighted by atomic mass is 127. The van der Waals surface area contributed by atoms with Gasteiger partial charge in [0.2, 0.25) is 15.9 Å². The first kappa shape index (κ1) is 17.9. The monoisotopic (exact) mass is 444 g/mol. The smallest absolute Gasteiger partial charge is 0.242 e. The van der Waals surface area contributed by atoms with Crippen LogP contribution in [0.3, 0.4) is 0 Å². The Labute approximate surface area is 149 Å². The van der Waals surface area contributed by atoms with Crippen LogP contribution in [0.4, 0.5) is 5.69 Å². The van der Waals surface area contributed by atoms with Crippen LogP contribution in [0, 0.1) is 10.5 Å². The molecule has 0 unspecified atom stereocenters. The number of halogens is 1. The van der Waals surface area contributed by atoms with E-state index in [0.717, 1.165) is 9.13 Å². The standard InChI is InChI=1S/C16H17IN2O3S/c1-11-3-9-15(10-4-11)23(21,22)19-12(2)16(20)18-14-7-5-13(17)6-8-14/h3-10,12,19H,1-2H3,(H,18,20)/t12-/m0/s1. The molecule has 0 saturated carbocycles. The molecule has 0 saturated heterocycles. The second-order valence-corrected chi connectivity index (χ2v) is 8.11. The first-order chi connectivity index (χ1) is 10.8. The number of benzene rings is 2. The summed E-state index contributed by atoms with van der Waals surface area (Å²) in [5.74, 6) is -0.415. The summed E-state index contributed by atoms with van der Waals surface area (Å²) in [5.41, 5.74) is 1.59. The van der Waals surface area contributed by atoms with E-state index in [-0.39, 0.29) is 4.90 Å². The molecule has 0 spiro atoms. The molecule has 2 rings (SSSR count). The zero-order chi connectivity index (χ0) is 17.0. The Kier molecular flexibility index (Phi) is 5.77. The van der Waals surface area contributed by atoms with Gasteiger partial charge in [0.05, 0.1) is 10.9 Å². The molecule has 0 aliphatic heterocycles. The zero-order valence-corrected chi connectivity index (χ0v) is 15.7. The van der Waals surface area contributed by atoms with Gasteiger partial charge in [0, 0.05) is 9.26 Å². The predicted molar refractivity (Wildman–Crippen MR) is 98.8 cm³/mol. The molecule has 0 bridgehead atoms. The maximum Gasteiger partial charge on any atom is 0.242 e. The number of sulfonamides is 1. The molecule has 2 aromatic carbocycles. The molecule has 0 radical (unpaired) electrons. The Bertz CT molecular complexity index is 787. The number of nitrogens with one attached hydrogen (secondary N) is 2. The zero-order valence-electron chi connectivity index (χ0n) is 12.7. The van der Waals surface area contributed by atoms with E-state index in [1.807, 2.05) is 19.1 Å². The van der Waals surface area contributed by atoms with Crippen molar-refractivity contribution >= 4 is 44.2 Å². The van der Waals surface area contributed by atoms with Crippen molar-refractivity contribution in [3.63, 3.8) is 0 Å². The molecule has 23 heavy (non-hydrogen) atoms. The third-order valence-electron chi connectivity index (χ3n) is 3.17. The lowest BCUT2D eigenvalue weighted by atomic mass is 10.2. The maximum atomic E-state index is 12.3. The number of aryl methyl sites for hydroxylation is 1. The van der Waals surface area contributed by atoms with Crippen molar-refractivity contribution in [3.05, 3.63) is 57.7 Å². The first-order valence-electron chi connectivity index (χ1n) is 6.93. The van der Waals surface area contributed by atoms with Gasteiger partial charge in [-0.2, -0.15) is 4.72 Å². The summed E-state index contributed by atoms with van der Waals surface area (Å²) in [5, 5.41) is 2.68. The minimum Gasteiger partial charge on any atom is -0.325 e. The molecule has 0 fully saturated rings. The first-order valence-corrected chi connectivity index (χ1v) is 9.49. The predicted octanol–water partition coefficient (Wildman–Crippen LogP) is 2.91. The third kappa shape index (κ3) is 5.02. The van der Waals surface area contributed by atoms with Gasteiger partial charge in [-0.3, -0.25) is 4.79 Å². The van der Waals surface area contributed by atoms with Crippen LogP contribution in [0.2, 0.25) is 0 Å². The van der Waals surface area contributed by atoms with Crippen LogP contribution in [-0.4, -0.2) is 20.4 Å². The van der Waals surface area contributed by atoms with Gasteiger partial charge in [-0.05, 0) is 72.8 Å². The van der Waals surface area contributed by atoms with E-state index in [4.69, 9.17) is 0 Å². The third-order valence-corrected chi connectivity index (χ3v) is 5.44. The van der Waals surface area contributed by atoms with Crippen LogP contribution < -0.4 is 10.0 Å². The van der Waals surface area contributed by atoms with Crippen LogP contribution in [-0.2, 0) is 14.8 Å². The highest BCUT2D eigenvalue weighted by Crippen LogP contribution is 2.13. The van der Waals surface area contributed by atoms with E-state index >= 15 is 0 Å². The molecule has 1 amide bonds. The highest BCUT2D eigenvalue weighted by Gasteiger charge is 2.22. The number of carbonyl (C=O) groups is 1. The average Bonchev–Trinajstić information content (AvgIpc) is 2.49. The fourth-order valence-corrected chi connectivity index (χ4v) is 3.42. The van der Waals surface area contributed by atoms with Crippen molar-refractivity contribution in [2.24, 2.45) is 0 Å². The van der Waals surface area contributed by atoms with Gasteiger partial charge in [0.25, 0.3) is 0 Å². The minimum atomic E-state index is -3.73. The second-order valence-electron chi connectivity index (χ2n) is 5.15. The van der Waals surface area contributed by atoms with E-state index < -0.39 is 22.0 Å². The fraction of sp³-hybridized carbons (Fsp3) is 0.188. The largest absolute Gasteiger partial charge is 0.325 e. The Balaban J connectivity index is 2.05. The molecule has 1 atom stereocenters. The molecule has 0 aromatic heterocycles. The van der Waals surface area contributed by atoms with Gasteiger partial charge in [0.1, 0.15) is 0 Å². The molecule has 122 valence electrons. The van der Waals surface area contributed by atoms with Crippen molar-refractivity contribution in [3.8, 4) is 0 Å². The number of hydrogen-bond donors (Lipinski definition) is 2. The van der Waals surface area contributed by atoms with Crippen LogP contribution in [0.5, 0.6) is 0 Å². The van der Waals surface area contributed by atoms with Gasteiger partial charge < -0.3 is 5.32 Å². The quantitative estimate of drug-likeness (QED) is 0.697. The van der Waals surface area contributed by atoms with E-state index in [9.17, 15) is 13.2 Å². The lowest BCUT2D eigenvalue weighted by Crippen LogP contribution is -2.41. The van der Waals surface area contributed by atoms with Gasteiger partial charge in [0.15, 0.2) is 0 Å². The number of anilines is 1. The Hall–Kier alpha value is -1.45. The fourth-order valence-electron chi connectivity index (χ4n) is 1.86. The van der Waals surface area contributed by atoms with Crippen LogP contribution >= 0.6 is 22.6 Å². The van der Waals surface area contributed by atoms with E-state index in [1.54, 1.807) is 24.3 Å². The van der Waals surface area contributed by atoms with Crippen molar-refractivity contribution in [1.29, 1.82) is 0 Å². The maximum absolute atomic E-state index is 12.3. The van der Waals surface area contributed by atoms with Gasteiger partial charge >= 0.3 is 0 Å². The summed E-state index contributed by atoms with van der Waals surface area (Å²) in [6.45, 7) is 3.38. The molecule has 5 nitrogen and oxygen atoms in total. The van der Waals surface area contributed by atoms with Crippen molar-refractivity contribution in [1.82, 2.24) is 4.72 Å². The molecule has 0 aliphatic rings. The molecular weight excluding hydrogens is 427 g/mol. The van der Waals surface area contributed by atoms with Crippen LogP contribution in [0.25, 0.3) is 0 Å². The second kappa shape index (κ2) is 7.41. The molecule has 2 aromatic rings. The van der Waals surface area contributed by atoms with Gasteiger partial charge in [-0.15, -0.1) is 0 Å². The molecule has 7 heteroatoms. The highest BCUT2D eigenvalue weighted by molar-refractivity contribution is 14.1. The number of carbonyl (C=O) groups excluding carboxylic acids is 1. The number of rotatable bonds is 5. The van der Waals surface area contributed by atoms with Crippen molar-refractivity contribution in [2.45, 2.75) is 24.8 Å². The Morgan fingerprint density at radius 3 is 2.17 bits per heavy atom.